The van der Waals surface area contributed by atoms with Gasteiger partial charge in [-0.05, 0) is 31.9 Å². The molecule has 0 N–H and O–H groups in total. The van der Waals surface area contributed by atoms with Crippen molar-refractivity contribution in [2.24, 2.45) is 0 Å². The van der Waals surface area contributed by atoms with Crippen LogP contribution in [0.3, 0.4) is 0 Å². The molecule has 0 aromatic heterocycles. The van der Waals surface area contributed by atoms with Crippen LogP contribution in [0.1, 0.15) is 57.1 Å². The summed E-state index contributed by atoms with van der Waals surface area (Å²) in [5.41, 5.74) is 2.19. The topological polar surface area (TPSA) is 46.6 Å². The van der Waals surface area contributed by atoms with Crippen molar-refractivity contribution in [1.82, 2.24) is 4.90 Å². The van der Waals surface area contributed by atoms with E-state index in [0.717, 1.165) is 24.8 Å². The summed E-state index contributed by atoms with van der Waals surface area (Å²) >= 11 is 0. The molecule has 0 saturated heterocycles. The number of unbranched alkanes of at least 4 members (excludes halogenated alkanes) is 3. The molecule has 1 aromatic rings. The lowest BCUT2D eigenvalue weighted by Gasteiger charge is -2.21. The summed E-state index contributed by atoms with van der Waals surface area (Å²) in [6.07, 6.45) is 8.04. The predicted octanol–water partition coefficient (Wildman–Crippen LogP) is 4.37. The lowest BCUT2D eigenvalue weighted by atomic mass is 10.1. The summed E-state index contributed by atoms with van der Waals surface area (Å²) < 4.78 is 4.96. The van der Waals surface area contributed by atoms with Gasteiger partial charge in [0, 0.05) is 19.2 Å². The summed E-state index contributed by atoms with van der Waals surface area (Å²) in [7, 11) is 0. The number of hydrogen-bond acceptors (Lipinski definition) is 3. The molecular weight excluding hydrogens is 314 g/mol. The van der Waals surface area contributed by atoms with E-state index in [9.17, 15) is 9.59 Å². The summed E-state index contributed by atoms with van der Waals surface area (Å²) in [5.74, 6) is -0.308. The molecule has 1 amide bonds. The highest BCUT2D eigenvalue weighted by atomic mass is 16.5. The summed E-state index contributed by atoms with van der Waals surface area (Å²) in [6.45, 7) is 7.44. The number of benzene rings is 1. The van der Waals surface area contributed by atoms with Crippen LogP contribution in [0, 0.1) is 6.92 Å². The molecule has 0 aliphatic rings. The number of amides is 1. The Balaban J connectivity index is 2.62. The fourth-order valence-corrected chi connectivity index (χ4v) is 2.47. The molecule has 138 valence electrons. The van der Waals surface area contributed by atoms with Crippen LogP contribution in [0.5, 0.6) is 0 Å². The van der Waals surface area contributed by atoms with Gasteiger partial charge in [0.2, 0.25) is 5.91 Å². The minimum Gasteiger partial charge on any atom is -0.466 e. The number of hydrogen-bond donors (Lipinski definition) is 0. The number of rotatable bonds is 11. The fraction of sp³-hybridized carbons (Fsp3) is 0.524. The molecule has 0 heterocycles. The second kappa shape index (κ2) is 12.3. The molecule has 4 heteroatoms. The average molecular weight is 345 g/mol. The Kier molecular flexibility index (Phi) is 10.3. The van der Waals surface area contributed by atoms with Crippen LogP contribution in [0.2, 0.25) is 0 Å². The molecular formula is C21H31NO3. The maximum Gasteiger partial charge on any atom is 0.307 e. The normalized spacial score (nSPS) is 10.8. The minimum atomic E-state index is -0.253. The van der Waals surface area contributed by atoms with E-state index >= 15 is 0 Å². The maximum absolute atomic E-state index is 12.5. The molecule has 0 saturated carbocycles. The molecule has 4 nitrogen and oxygen atoms in total. The van der Waals surface area contributed by atoms with Crippen LogP contribution in [-0.4, -0.2) is 36.5 Å². The zero-order valence-electron chi connectivity index (χ0n) is 15.8. The Hall–Kier alpha value is -2.10. The van der Waals surface area contributed by atoms with Crippen molar-refractivity contribution >= 4 is 18.0 Å². The third-order valence-electron chi connectivity index (χ3n) is 3.98. The van der Waals surface area contributed by atoms with Crippen LogP contribution in [0.4, 0.5) is 0 Å². The van der Waals surface area contributed by atoms with Crippen LogP contribution in [0.25, 0.3) is 6.08 Å². The van der Waals surface area contributed by atoms with E-state index in [0.29, 0.717) is 19.7 Å². The Bertz CT molecular complexity index is 549. The van der Waals surface area contributed by atoms with Crippen LogP contribution < -0.4 is 0 Å². The highest BCUT2D eigenvalue weighted by Crippen LogP contribution is 2.08. The van der Waals surface area contributed by atoms with E-state index in [-0.39, 0.29) is 18.3 Å². The lowest BCUT2D eigenvalue weighted by molar-refractivity contribution is -0.143. The van der Waals surface area contributed by atoms with Crippen molar-refractivity contribution < 1.29 is 14.3 Å². The van der Waals surface area contributed by atoms with Gasteiger partial charge in [-0.1, -0.05) is 56.0 Å². The van der Waals surface area contributed by atoms with Crippen molar-refractivity contribution in [1.29, 1.82) is 0 Å². The zero-order chi connectivity index (χ0) is 18.5. The SMILES string of the molecule is CCCCCCN(CCC(=O)OCC)C(=O)/C=C/c1ccc(C)cc1. The Morgan fingerprint density at radius 1 is 1.04 bits per heavy atom. The molecule has 0 aliphatic heterocycles. The van der Waals surface area contributed by atoms with Crippen molar-refractivity contribution in [3.8, 4) is 0 Å². The second-order valence-corrected chi connectivity index (χ2v) is 6.18. The molecule has 0 atom stereocenters. The number of carbonyl (C=O) groups excluding carboxylic acids is 2. The van der Waals surface area contributed by atoms with Crippen molar-refractivity contribution in [3.63, 3.8) is 0 Å². The number of carbonyl (C=O) groups is 2. The van der Waals surface area contributed by atoms with Crippen molar-refractivity contribution in [2.75, 3.05) is 19.7 Å². The second-order valence-electron chi connectivity index (χ2n) is 6.18. The quantitative estimate of drug-likeness (QED) is 0.340. The van der Waals surface area contributed by atoms with Crippen LogP contribution in [0.15, 0.2) is 30.3 Å². The molecule has 0 unspecified atom stereocenters. The van der Waals surface area contributed by atoms with Crippen LogP contribution in [-0.2, 0) is 14.3 Å². The molecule has 0 aliphatic carbocycles. The lowest BCUT2D eigenvalue weighted by Crippen LogP contribution is -2.33. The molecule has 1 rings (SSSR count). The first-order valence-electron chi connectivity index (χ1n) is 9.26. The average Bonchev–Trinajstić information content (AvgIpc) is 2.60. The molecule has 0 radical (unpaired) electrons. The zero-order valence-corrected chi connectivity index (χ0v) is 15.8. The van der Waals surface area contributed by atoms with E-state index in [1.54, 1.807) is 17.9 Å². The standard InChI is InChI=1S/C21H31NO3/c1-4-6-7-8-16-22(17-15-21(24)25-5-2)20(23)14-13-19-11-9-18(3)10-12-19/h9-14H,4-8,15-17H2,1-3H3/b14-13+. The first-order valence-corrected chi connectivity index (χ1v) is 9.26. The van der Waals surface area contributed by atoms with Crippen molar-refractivity contribution in [2.45, 2.75) is 52.9 Å². The van der Waals surface area contributed by atoms with Gasteiger partial charge >= 0.3 is 5.97 Å². The van der Waals surface area contributed by atoms with Gasteiger partial charge in [0.05, 0.1) is 13.0 Å². The largest absolute Gasteiger partial charge is 0.466 e. The van der Waals surface area contributed by atoms with Gasteiger partial charge in [-0.3, -0.25) is 9.59 Å². The number of nitrogens with zero attached hydrogens (tertiary/aromatic N) is 1. The van der Waals surface area contributed by atoms with Gasteiger partial charge in [0.15, 0.2) is 0 Å². The van der Waals surface area contributed by atoms with E-state index in [4.69, 9.17) is 4.74 Å². The monoisotopic (exact) mass is 345 g/mol. The Labute approximate surface area is 151 Å². The predicted molar refractivity (Wildman–Crippen MR) is 102 cm³/mol. The fourth-order valence-electron chi connectivity index (χ4n) is 2.47. The molecule has 0 bridgehead atoms. The van der Waals surface area contributed by atoms with Crippen molar-refractivity contribution in [3.05, 3.63) is 41.5 Å². The molecule has 0 spiro atoms. The first kappa shape index (κ1) is 20.9. The van der Waals surface area contributed by atoms with Crippen LogP contribution >= 0.6 is 0 Å². The van der Waals surface area contributed by atoms with Gasteiger partial charge in [0.25, 0.3) is 0 Å². The van der Waals surface area contributed by atoms with Gasteiger partial charge in [-0.2, -0.15) is 0 Å². The van der Waals surface area contributed by atoms with Gasteiger partial charge in [-0.15, -0.1) is 0 Å². The summed E-state index contributed by atoms with van der Waals surface area (Å²) in [6, 6.07) is 8.02. The minimum absolute atomic E-state index is 0.0543. The molecule has 1 aromatic carbocycles. The maximum atomic E-state index is 12.5. The highest BCUT2D eigenvalue weighted by Gasteiger charge is 2.13. The third-order valence-corrected chi connectivity index (χ3v) is 3.98. The Morgan fingerprint density at radius 2 is 1.76 bits per heavy atom. The van der Waals surface area contributed by atoms with E-state index < -0.39 is 0 Å². The smallest absolute Gasteiger partial charge is 0.307 e. The summed E-state index contributed by atoms with van der Waals surface area (Å²) in [4.78, 5) is 25.8. The van der Waals surface area contributed by atoms with Gasteiger partial charge in [0.1, 0.15) is 0 Å². The van der Waals surface area contributed by atoms with E-state index in [1.165, 1.54) is 12.0 Å². The number of esters is 1. The van der Waals surface area contributed by atoms with E-state index in [2.05, 4.69) is 6.92 Å². The summed E-state index contributed by atoms with van der Waals surface area (Å²) in [5, 5.41) is 0. The third kappa shape index (κ3) is 9.08. The molecule has 0 fully saturated rings. The molecule has 25 heavy (non-hydrogen) atoms. The van der Waals surface area contributed by atoms with E-state index in [1.807, 2.05) is 37.3 Å². The van der Waals surface area contributed by atoms with Gasteiger partial charge < -0.3 is 9.64 Å². The Morgan fingerprint density at radius 3 is 2.40 bits per heavy atom. The van der Waals surface area contributed by atoms with Gasteiger partial charge in [-0.25, -0.2) is 0 Å². The number of aryl methyl sites for hydroxylation is 1. The highest BCUT2D eigenvalue weighted by molar-refractivity contribution is 5.92. The first-order chi connectivity index (χ1) is 12.1. The number of ether oxygens (including phenoxy) is 1.